The van der Waals surface area contributed by atoms with Crippen molar-refractivity contribution in [2.45, 2.75) is 25.9 Å². The van der Waals surface area contributed by atoms with Gasteiger partial charge in [-0.3, -0.25) is 19.4 Å². The summed E-state index contributed by atoms with van der Waals surface area (Å²) in [6.07, 6.45) is 2.41. The highest BCUT2D eigenvalue weighted by molar-refractivity contribution is 6.05. The Bertz CT molecular complexity index is 1290. The van der Waals surface area contributed by atoms with E-state index in [9.17, 15) is 23.2 Å². The molecule has 0 radical (unpaired) electrons. The van der Waals surface area contributed by atoms with Crippen molar-refractivity contribution in [2.75, 3.05) is 5.32 Å². The van der Waals surface area contributed by atoms with E-state index < -0.39 is 34.6 Å². The van der Waals surface area contributed by atoms with Crippen LogP contribution in [0.1, 0.15) is 39.6 Å². The van der Waals surface area contributed by atoms with E-state index in [2.05, 4.69) is 15.3 Å². The van der Waals surface area contributed by atoms with Gasteiger partial charge in [0.05, 0.1) is 30.1 Å². The highest BCUT2D eigenvalue weighted by atomic mass is 19.1. The van der Waals surface area contributed by atoms with Crippen LogP contribution in [0.25, 0.3) is 11.3 Å². The number of benzene rings is 2. The van der Waals surface area contributed by atoms with Crippen molar-refractivity contribution in [1.29, 1.82) is 0 Å². The van der Waals surface area contributed by atoms with Crippen LogP contribution < -0.4 is 15.8 Å². The third-order valence-electron chi connectivity index (χ3n) is 5.34. The minimum atomic E-state index is -1.46. The van der Waals surface area contributed by atoms with Crippen molar-refractivity contribution in [1.82, 2.24) is 9.97 Å². The van der Waals surface area contributed by atoms with E-state index in [1.165, 1.54) is 19.3 Å². The minimum absolute atomic E-state index is 0.0188. The molecule has 0 saturated heterocycles. The van der Waals surface area contributed by atoms with Gasteiger partial charge in [0, 0.05) is 5.56 Å². The first-order valence-electron chi connectivity index (χ1n) is 9.83. The smallest absolute Gasteiger partial charge is 0.262 e. The number of amides is 2. The Hall–Kier alpha value is -4.21. The largest absolute Gasteiger partial charge is 0.476 e. The summed E-state index contributed by atoms with van der Waals surface area (Å²) in [4.78, 5) is 44.8. The van der Waals surface area contributed by atoms with Gasteiger partial charge in [-0.2, -0.15) is 0 Å². The minimum Gasteiger partial charge on any atom is -0.476 e. The van der Waals surface area contributed by atoms with Crippen LogP contribution in [-0.2, 0) is 4.79 Å². The number of carbonyl (C=O) groups excluding carboxylic acids is 3. The van der Waals surface area contributed by atoms with Crippen LogP contribution in [0.2, 0.25) is 0 Å². The van der Waals surface area contributed by atoms with Crippen LogP contribution >= 0.6 is 0 Å². The topological polar surface area (TPSA) is 124 Å². The number of carbonyl (C=O) groups is 3. The number of ether oxygens (including phenoxy) is 1. The number of fused-ring (bicyclic) bond motifs is 1. The van der Waals surface area contributed by atoms with Crippen LogP contribution in [0.3, 0.4) is 0 Å². The highest BCUT2D eigenvalue weighted by Gasteiger charge is 2.41. The average molecular weight is 452 g/mol. The molecule has 4 rings (SSSR count). The van der Waals surface area contributed by atoms with Crippen molar-refractivity contribution in [3.8, 4) is 17.0 Å². The summed E-state index contributed by atoms with van der Waals surface area (Å²) in [6.45, 7) is 3.22. The zero-order valence-corrected chi connectivity index (χ0v) is 17.6. The second-order valence-electron chi connectivity index (χ2n) is 7.80. The molecule has 1 aliphatic rings. The van der Waals surface area contributed by atoms with E-state index in [4.69, 9.17) is 10.5 Å². The number of primary amides is 1. The van der Waals surface area contributed by atoms with Crippen LogP contribution in [0.5, 0.6) is 5.75 Å². The second-order valence-corrected chi connectivity index (χ2v) is 7.80. The van der Waals surface area contributed by atoms with E-state index in [0.717, 1.165) is 18.2 Å². The number of halogens is 2. The molecule has 1 aliphatic heterocycles. The molecule has 3 N–H and O–H groups in total. The molecule has 0 aliphatic carbocycles. The third-order valence-corrected chi connectivity index (χ3v) is 5.34. The van der Waals surface area contributed by atoms with Crippen LogP contribution in [-0.4, -0.2) is 33.2 Å². The maximum absolute atomic E-state index is 13.8. The van der Waals surface area contributed by atoms with Gasteiger partial charge < -0.3 is 15.8 Å². The molecule has 0 bridgehead atoms. The Kier molecular flexibility index (Phi) is 5.36. The lowest BCUT2D eigenvalue weighted by Crippen LogP contribution is -2.50. The summed E-state index contributed by atoms with van der Waals surface area (Å²) in [6, 6.07) is 6.30. The lowest BCUT2D eigenvalue weighted by Gasteiger charge is -2.32. The summed E-state index contributed by atoms with van der Waals surface area (Å²) in [7, 11) is 0. The van der Waals surface area contributed by atoms with E-state index in [1.807, 2.05) is 0 Å². The Morgan fingerprint density at radius 3 is 2.42 bits per heavy atom. The van der Waals surface area contributed by atoms with Gasteiger partial charge in [0.1, 0.15) is 22.9 Å². The molecular weight excluding hydrogens is 434 g/mol. The normalized spacial score (nSPS) is 17.2. The maximum Gasteiger partial charge on any atom is 0.262 e. The molecule has 168 valence electrons. The molecular formula is C23H18F2N4O4. The molecule has 0 saturated carbocycles. The molecule has 2 heterocycles. The number of hydrogen-bond donors (Lipinski definition) is 2. The number of aryl methyl sites for hydroxylation is 1. The number of aromatic nitrogens is 2. The first-order valence-corrected chi connectivity index (χ1v) is 9.83. The van der Waals surface area contributed by atoms with Crippen molar-refractivity contribution < 1.29 is 27.9 Å². The molecule has 1 atom stereocenters. The average Bonchev–Trinajstić information content (AvgIpc) is 2.74. The van der Waals surface area contributed by atoms with Crippen molar-refractivity contribution >= 4 is 23.4 Å². The summed E-state index contributed by atoms with van der Waals surface area (Å²) < 4.78 is 33.3. The Morgan fingerprint density at radius 2 is 1.82 bits per heavy atom. The second kappa shape index (κ2) is 8.05. The van der Waals surface area contributed by atoms with Gasteiger partial charge in [-0.1, -0.05) is 6.07 Å². The Morgan fingerprint density at radius 1 is 1.12 bits per heavy atom. The van der Waals surface area contributed by atoms with Gasteiger partial charge in [-0.15, -0.1) is 0 Å². The number of anilines is 1. The first-order chi connectivity index (χ1) is 15.6. The molecule has 2 aromatic carbocycles. The number of ketones is 1. The quantitative estimate of drug-likeness (QED) is 0.627. The van der Waals surface area contributed by atoms with Gasteiger partial charge in [0.25, 0.3) is 11.8 Å². The first kappa shape index (κ1) is 22.0. The number of nitrogens with one attached hydrogen (secondary N) is 1. The molecule has 1 aromatic heterocycles. The predicted octanol–water partition coefficient (Wildman–Crippen LogP) is 3.19. The Labute approximate surface area is 186 Å². The third kappa shape index (κ3) is 4.02. The summed E-state index contributed by atoms with van der Waals surface area (Å²) >= 11 is 0. The fourth-order valence-electron chi connectivity index (χ4n) is 3.51. The molecule has 10 heteroatoms. The lowest BCUT2D eigenvalue weighted by atomic mass is 9.89. The number of nitrogens with zero attached hydrogens (tertiary/aromatic N) is 2. The summed E-state index contributed by atoms with van der Waals surface area (Å²) in [5, 5.41) is 2.30. The molecule has 8 nitrogen and oxygen atoms in total. The Balaban J connectivity index is 1.62. The fourth-order valence-corrected chi connectivity index (χ4v) is 3.51. The molecule has 2 amide bonds. The monoisotopic (exact) mass is 452 g/mol. The summed E-state index contributed by atoms with van der Waals surface area (Å²) in [5.41, 5.74) is 5.19. The van der Waals surface area contributed by atoms with Gasteiger partial charge in [-0.05, 0) is 43.7 Å². The fraction of sp³-hybridized carbons (Fsp3) is 0.174. The standard InChI is InChI=1S/C23H18F2N4O4/c1-11-6-13-17(30)8-23(2,22(26)32)33-18(13)7-12(11)16-9-28-19(10-27-16)29-21(31)20-14(24)4-3-5-15(20)25/h3-7,9-10H,8H2,1-2H3,(H2,26,32)(H,28,29,31). The van der Waals surface area contributed by atoms with E-state index in [0.29, 0.717) is 22.4 Å². The van der Waals surface area contributed by atoms with Crippen molar-refractivity contribution in [2.24, 2.45) is 5.73 Å². The molecule has 0 fully saturated rings. The lowest BCUT2D eigenvalue weighted by molar-refractivity contribution is -0.132. The van der Waals surface area contributed by atoms with Crippen LogP contribution in [0.15, 0.2) is 42.7 Å². The molecule has 3 aromatic rings. The number of rotatable bonds is 4. The SMILES string of the molecule is Cc1cc2c(cc1-c1cnc(NC(=O)c3c(F)cccc3F)cn1)OC(C)(C(N)=O)CC2=O. The van der Waals surface area contributed by atoms with E-state index in [1.54, 1.807) is 19.1 Å². The van der Waals surface area contributed by atoms with Crippen LogP contribution in [0.4, 0.5) is 14.6 Å². The van der Waals surface area contributed by atoms with Gasteiger partial charge in [0.15, 0.2) is 17.2 Å². The highest BCUT2D eigenvalue weighted by Crippen LogP contribution is 2.37. The number of Topliss-reactive ketones (excluding diaryl/α,β-unsaturated/α-hetero) is 1. The molecule has 0 spiro atoms. The van der Waals surface area contributed by atoms with Crippen molar-refractivity contribution in [3.05, 3.63) is 71.1 Å². The van der Waals surface area contributed by atoms with E-state index >= 15 is 0 Å². The predicted molar refractivity (Wildman–Crippen MR) is 114 cm³/mol. The molecule has 33 heavy (non-hydrogen) atoms. The van der Waals surface area contributed by atoms with Gasteiger partial charge in [-0.25, -0.2) is 13.8 Å². The van der Waals surface area contributed by atoms with Gasteiger partial charge >= 0.3 is 0 Å². The number of hydrogen-bond acceptors (Lipinski definition) is 6. The summed E-state index contributed by atoms with van der Waals surface area (Å²) in [5.74, 6) is -3.85. The zero-order chi connectivity index (χ0) is 23.9. The number of nitrogens with two attached hydrogens (primary N) is 1. The maximum atomic E-state index is 13.8. The van der Waals surface area contributed by atoms with E-state index in [-0.39, 0.29) is 23.8 Å². The van der Waals surface area contributed by atoms with Gasteiger partial charge in [0.2, 0.25) is 0 Å². The van der Waals surface area contributed by atoms with Crippen molar-refractivity contribution in [3.63, 3.8) is 0 Å². The zero-order valence-electron chi connectivity index (χ0n) is 17.6. The van der Waals surface area contributed by atoms with Crippen LogP contribution in [0, 0.1) is 18.6 Å². The molecule has 1 unspecified atom stereocenters.